The van der Waals surface area contributed by atoms with Crippen LogP contribution in [0, 0.1) is 17.8 Å². The molecule has 85 heavy (non-hydrogen) atoms. The van der Waals surface area contributed by atoms with E-state index in [1.807, 2.05) is 86.3 Å². The minimum Gasteiger partial charge on any atom is -0.480 e. The van der Waals surface area contributed by atoms with Crippen LogP contribution in [0.4, 0.5) is 10.5 Å². The number of benzene rings is 3. The molecule has 5 rings (SSSR count). The van der Waals surface area contributed by atoms with E-state index in [9.17, 15) is 58.2 Å². The summed E-state index contributed by atoms with van der Waals surface area (Å²) in [6.45, 7) is 4.43. The van der Waals surface area contributed by atoms with E-state index in [0.717, 1.165) is 40.4 Å². The van der Waals surface area contributed by atoms with Gasteiger partial charge in [-0.15, -0.1) is 0 Å². The van der Waals surface area contributed by atoms with E-state index in [-0.39, 0.29) is 93.8 Å². The first kappa shape index (κ1) is 68.1. The Morgan fingerprint density at radius 3 is 1.78 bits per heavy atom. The molecule has 1 heterocycles. The molecule has 0 bridgehead atoms. The summed E-state index contributed by atoms with van der Waals surface area (Å²) < 4.78 is 0. The Hall–Kier alpha value is -7.65. The maximum atomic E-state index is 14.0. The van der Waals surface area contributed by atoms with Crippen LogP contribution in [0.1, 0.15) is 82.3 Å². The van der Waals surface area contributed by atoms with Crippen molar-refractivity contribution >= 4 is 92.9 Å². The maximum Gasteiger partial charge on any atom is 0.326 e. The summed E-state index contributed by atoms with van der Waals surface area (Å²) in [7, 11) is 0. The Kier molecular flexibility index (Phi) is 28.0. The molecule has 0 radical (unpaired) electrons. The summed E-state index contributed by atoms with van der Waals surface area (Å²) in [4.78, 5) is 132. The molecular weight excluding hydrogens is 1110 g/mol. The molecule has 4 atom stereocenters. The molecule has 1 unspecified atom stereocenters. The van der Waals surface area contributed by atoms with Crippen LogP contribution < -0.4 is 49.5 Å². The summed E-state index contributed by atoms with van der Waals surface area (Å²) in [6.07, 6.45) is 4.10. The van der Waals surface area contributed by atoms with E-state index >= 15 is 0 Å². The molecule has 7 amide bonds. The van der Waals surface area contributed by atoms with Gasteiger partial charge in [0.05, 0.1) is 26.2 Å². The van der Waals surface area contributed by atoms with Gasteiger partial charge in [-0.1, -0.05) is 54.6 Å². The number of carboxylic acids is 2. The van der Waals surface area contributed by atoms with Crippen LogP contribution in [-0.2, 0) is 56.0 Å². The topological polar surface area (TPSA) is 388 Å². The number of thiocarbonyl (C=S) groups is 1. The molecule has 1 saturated heterocycles. The number of amides is 7. The van der Waals surface area contributed by atoms with Crippen molar-refractivity contribution in [2.24, 2.45) is 40.7 Å². The summed E-state index contributed by atoms with van der Waals surface area (Å²) in [6, 6.07) is 17.5. The third-order valence-corrected chi connectivity index (χ3v) is 15.8. The number of ketones is 2. The molecule has 1 saturated carbocycles. The number of fused-ring (bicyclic) bond motifs is 1. The Balaban J connectivity index is 1.13. The Morgan fingerprint density at radius 1 is 0.635 bits per heavy atom. The number of nitrogens with two attached hydrogens (primary N) is 4. The van der Waals surface area contributed by atoms with E-state index in [1.54, 1.807) is 0 Å². The van der Waals surface area contributed by atoms with Crippen molar-refractivity contribution in [3.63, 3.8) is 0 Å². The average Bonchev–Trinajstić information content (AvgIpc) is 3.63. The molecule has 2 fully saturated rings. The van der Waals surface area contributed by atoms with E-state index in [1.165, 1.54) is 6.92 Å². The second kappa shape index (κ2) is 35.0. The fourth-order valence-corrected chi connectivity index (χ4v) is 11.1. The van der Waals surface area contributed by atoms with Gasteiger partial charge in [-0.3, -0.25) is 48.4 Å². The fraction of sp³-hybridized carbons (Fsp3) is 0.542. The SMILES string of the molecule is CC(=O)CC[C@H](NC(=O)N[C@@H](CCCCNC(=O)[C@@H](CC(=O)C1CCC(CNC(=S)Nc2ccc(CC3CN(CC(N)=O)CCN(CC(N)=O)CCN(CC(N)=O)CCN3CC(N)=O)cc2)CC1)Cc1ccc2ccccc2c1)C(=O)O)C(=O)O. The van der Waals surface area contributed by atoms with Gasteiger partial charge in [0.2, 0.25) is 29.5 Å². The summed E-state index contributed by atoms with van der Waals surface area (Å²) in [5.41, 5.74) is 25.2. The van der Waals surface area contributed by atoms with Crippen molar-refractivity contribution in [2.75, 3.05) is 90.4 Å². The normalized spacial score (nSPS) is 18.7. The highest BCUT2D eigenvalue weighted by Gasteiger charge is 2.32. The molecule has 1 aliphatic carbocycles. The molecule has 3 aromatic carbocycles. The Morgan fingerprint density at radius 2 is 1.19 bits per heavy atom. The number of unbranched alkanes of at least 4 members (excludes halogenated alkanes) is 1. The lowest BCUT2D eigenvalue weighted by atomic mass is 9.77. The van der Waals surface area contributed by atoms with E-state index in [0.29, 0.717) is 96.0 Å². The second-order valence-corrected chi connectivity index (χ2v) is 22.8. The number of nitrogens with zero attached hydrogens (tertiary/aromatic N) is 4. The Bertz CT molecular complexity index is 2800. The number of carboxylic acid groups (broad SMARTS) is 2. The maximum absolute atomic E-state index is 14.0. The van der Waals surface area contributed by atoms with E-state index in [2.05, 4.69) is 26.6 Å². The van der Waals surface area contributed by atoms with Crippen molar-refractivity contribution in [2.45, 2.75) is 102 Å². The van der Waals surface area contributed by atoms with Gasteiger partial charge >= 0.3 is 18.0 Å². The smallest absolute Gasteiger partial charge is 0.326 e. The monoisotopic (exact) mass is 1200 g/mol. The van der Waals surface area contributed by atoms with E-state index < -0.39 is 59.6 Å². The molecule has 3 aromatic rings. The Labute approximate surface area is 501 Å². The van der Waals surface area contributed by atoms with Crippen molar-refractivity contribution in [3.05, 3.63) is 77.9 Å². The van der Waals surface area contributed by atoms with Gasteiger partial charge in [0.1, 0.15) is 23.7 Å². The van der Waals surface area contributed by atoms with Gasteiger partial charge in [-0.25, -0.2) is 14.4 Å². The van der Waals surface area contributed by atoms with Gasteiger partial charge < -0.3 is 64.5 Å². The van der Waals surface area contributed by atoms with Crippen molar-refractivity contribution in [1.29, 1.82) is 0 Å². The summed E-state index contributed by atoms with van der Waals surface area (Å²) in [5.74, 6) is -5.99. The number of carbonyl (C=O) groups is 10. The third kappa shape index (κ3) is 25.2. The number of rotatable bonds is 31. The van der Waals surface area contributed by atoms with Gasteiger partial charge in [0.15, 0.2) is 5.11 Å². The molecule has 2 aliphatic rings. The van der Waals surface area contributed by atoms with Crippen molar-refractivity contribution in [3.8, 4) is 0 Å². The molecule has 464 valence electrons. The number of anilines is 1. The number of Topliss-reactive ketones (excluding diaryl/α,β-unsaturated/α-hetero) is 2. The molecule has 15 N–H and O–H groups in total. The van der Waals surface area contributed by atoms with Crippen molar-refractivity contribution < 1.29 is 58.2 Å². The lowest BCUT2D eigenvalue weighted by molar-refractivity contribution is -0.139. The fourth-order valence-electron chi connectivity index (χ4n) is 10.9. The standard InChI is InChI=1S/C59H85N13O12S/c1-38(73)9-20-49(57(82)83)68-58(84)67-48(56(80)81)8-4-5-21-64-55(79)45(29-41-12-15-42-6-2-3-7-44(42)28-41)31-50(74)43-16-10-40(11-17-43)32-65-59(85)66-46-18-13-39(14-19-46)30-47-33-71(36-53(62)77)25-24-69(34-51(60)75)22-23-70(35-52(61)76)26-27-72(47)37-54(63)78/h2-3,6-7,12-15,18-19,28,40,43,45,47-49H,4-5,8-11,16-17,20-27,29-37H2,1H3,(H2,60,75)(H2,61,76)(H2,62,77)(H2,63,78)(H,64,79)(H,80,81)(H,82,83)(H2,65,66,85)(H2,67,68,84)/t40?,43?,45-,47?,48+,49+/m1/s1. The summed E-state index contributed by atoms with van der Waals surface area (Å²) in [5, 5.41) is 35.7. The molecular formula is C59H85N13O12S. The first-order valence-electron chi connectivity index (χ1n) is 29.0. The molecule has 26 heteroatoms. The molecule has 1 aliphatic heterocycles. The highest BCUT2D eigenvalue weighted by Crippen LogP contribution is 2.31. The average molecular weight is 1200 g/mol. The number of primary amides is 4. The second-order valence-electron chi connectivity index (χ2n) is 22.4. The van der Waals surface area contributed by atoms with Crippen LogP contribution in [0.5, 0.6) is 0 Å². The molecule has 25 nitrogen and oxygen atoms in total. The van der Waals surface area contributed by atoms with Gasteiger partial charge in [0, 0.05) is 95.3 Å². The van der Waals surface area contributed by atoms with Crippen LogP contribution in [0.15, 0.2) is 66.7 Å². The predicted octanol–water partition coefficient (Wildman–Crippen LogP) is 0.686. The van der Waals surface area contributed by atoms with Gasteiger partial charge in [0.25, 0.3) is 0 Å². The first-order valence-corrected chi connectivity index (χ1v) is 29.4. The number of nitrogens with one attached hydrogen (secondary N) is 5. The third-order valence-electron chi connectivity index (χ3n) is 15.5. The number of carbonyl (C=O) groups excluding carboxylic acids is 8. The molecule has 0 aromatic heterocycles. The van der Waals surface area contributed by atoms with Gasteiger partial charge in [-0.2, -0.15) is 0 Å². The minimum atomic E-state index is -1.38. The number of aliphatic carboxylic acids is 2. The van der Waals surface area contributed by atoms with Gasteiger partial charge in [-0.05, 0) is 123 Å². The van der Waals surface area contributed by atoms with Crippen LogP contribution in [0.3, 0.4) is 0 Å². The molecule has 0 spiro atoms. The minimum absolute atomic E-state index is 0.00314. The predicted molar refractivity (Wildman–Crippen MR) is 323 cm³/mol. The largest absolute Gasteiger partial charge is 0.480 e. The zero-order valence-corrected chi connectivity index (χ0v) is 49.3. The summed E-state index contributed by atoms with van der Waals surface area (Å²) >= 11 is 5.71. The zero-order valence-electron chi connectivity index (χ0n) is 48.5. The zero-order chi connectivity index (χ0) is 62.0. The lowest BCUT2D eigenvalue weighted by Gasteiger charge is -2.38. The van der Waals surface area contributed by atoms with Crippen LogP contribution in [0.25, 0.3) is 10.8 Å². The van der Waals surface area contributed by atoms with Crippen LogP contribution in [0.2, 0.25) is 0 Å². The highest BCUT2D eigenvalue weighted by atomic mass is 32.1. The number of urea groups is 1. The number of hydrogen-bond acceptors (Lipinski definition) is 15. The van der Waals surface area contributed by atoms with Crippen LogP contribution in [-0.4, -0.2) is 197 Å². The lowest BCUT2D eigenvalue weighted by Crippen LogP contribution is -2.54. The quantitative estimate of drug-likeness (QED) is 0.0312. The first-order chi connectivity index (χ1) is 40.5. The van der Waals surface area contributed by atoms with E-state index in [4.69, 9.17) is 35.2 Å². The number of hydrogen-bond donors (Lipinski definition) is 11. The van der Waals surface area contributed by atoms with Crippen LogP contribution >= 0.6 is 12.2 Å². The highest BCUT2D eigenvalue weighted by molar-refractivity contribution is 7.80. The van der Waals surface area contributed by atoms with Crippen molar-refractivity contribution in [1.82, 2.24) is 40.9 Å².